The standard InChI is InChI=1S/C19H21N/c1-14-7-9-16(10-8-14)13-15(2)18-11-12-19(20-18)17-5-3-4-6-17/h3-5,7-11,15H,6,12-13H2,1-2H3. The highest BCUT2D eigenvalue weighted by atomic mass is 14.8. The number of aliphatic imine (C=N–C) groups is 1. The van der Waals surface area contributed by atoms with Crippen molar-refractivity contribution in [2.45, 2.75) is 33.1 Å². The third kappa shape index (κ3) is 2.82. The van der Waals surface area contributed by atoms with Crippen LogP contribution in [0.2, 0.25) is 0 Å². The smallest absolute Gasteiger partial charge is 0.0480 e. The summed E-state index contributed by atoms with van der Waals surface area (Å²) in [6.07, 6.45) is 11.9. The summed E-state index contributed by atoms with van der Waals surface area (Å²) < 4.78 is 0. The first-order chi connectivity index (χ1) is 9.72. The van der Waals surface area contributed by atoms with Crippen LogP contribution in [0.1, 0.15) is 30.9 Å². The Morgan fingerprint density at radius 3 is 2.65 bits per heavy atom. The van der Waals surface area contributed by atoms with Crippen LogP contribution in [0.15, 0.2) is 64.8 Å². The average molecular weight is 263 g/mol. The molecule has 1 nitrogen and oxygen atoms in total. The van der Waals surface area contributed by atoms with Gasteiger partial charge in [0.2, 0.25) is 0 Å². The zero-order valence-corrected chi connectivity index (χ0v) is 12.3. The highest BCUT2D eigenvalue weighted by Gasteiger charge is 2.17. The molecular weight excluding hydrogens is 242 g/mol. The summed E-state index contributed by atoms with van der Waals surface area (Å²) in [6, 6.07) is 8.84. The van der Waals surface area contributed by atoms with Crippen LogP contribution in [0.3, 0.4) is 0 Å². The van der Waals surface area contributed by atoms with Crippen LogP contribution in [0.25, 0.3) is 0 Å². The molecule has 1 aromatic carbocycles. The lowest BCUT2D eigenvalue weighted by Gasteiger charge is -2.11. The molecule has 1 aliphatic carbocycles. The van der Waals surface area contributed by atoms with E-state index in [0.717, 1.165) is 19.3 Å². The molecule has 0 amide bonds. The van der Waals surface area contributed by atoms with Gasteiger partial charge in [-0.25, -0.2) is 0 Å². The second-order valence-electron chi connectivity index (χ2n) is 5.81. The Morgan fingerprint density at radius 2 is 1.95 bits per heavy atom. The van der Waals surface area contributed by atoms with Crippen LogP contribution >= 0.6 is 0 Å². The van der Waals surface area contributed by atoms with Crippen LogP contribution in [-0.4, -0.2) is 5.71 Å². The molecule has 0 saturated heterocycles. The zero-order chi connectivity index (χ0) is 13.9. The topological polar surface area (TPSA) is 12.4 Å². The zero-order valence-electron chi connectivity index (χ0n) is 12.3. The number of hydrogen-bond acceptors (Lipinski definition) is 1. The molecule has 0 bridgehead atoms. The maximum absolute atomic E-state index is 4.85. The minimum absolute atomic E-state index is 0.491. The van der Waals surface area contributed by atoms with E-state index < -0.39 is 0 Å². The van der Waals surface area contributed by atoms with E-state index in [-0.39, 0.29) is 0 Å². The number of hydrogen-bond donors (Lipinski definition) is 0. The summed E-state index contributed by atoms with van der Waals surface area (Å²) in [4.78, 5) is 4.85. The molecule has 0 spiro atoms. The number of rotatable bonds is 4. The molecule has 0 aromatic heterocycles. The van der Waals surface area contributed by atoms with Crippen molar-refractivity contribution in [2.75, 3.05) is 0 Å². The molecule has 0 radical (unpaired) electrons. The van der Waals surface area contributed by atoms with Gasteiger partial charge in [-0.3, -0.25) is 4.99 Å². The highest BCUT2D eigenvalue weighted by Crippen LogP contribution is 2.27. The molecule has 20 heavy (non-hydrogen) atoms. The second-order valence-corrected chi connectivity index (χ2v) is 5.81. The van der Waals surface area contributed by atoms with Gasteiger partial charge in [-0.2, -0.15) is 0 Å². The SMILES string of the molecule is Cc1ccc(CC(C)C2=CCC(C3=CC=CC3)=N2)cc1. The van der Waals surface area contributed by atoms with Crippen LogP contribution in [0, 0.1) is 12.8 Å². The molecule has 1 aromatic rings. The fourth-order valence-corrected chi connectivity index (χ4v) is 2.81. The van der Waals surface area contributed by atoms with Gasteiger partial charge in [0.05, 0.1) is 0 Å². The third-order valence-corrected chi connectivity index (χ3v) is 4.08. The number of nitrogens with zero attached hydrogens (tertiary/aromatic N) is 1. The Morgan fingerprint density at radius 1 is 1.15 bits per heavy atom. The molecule has 0 saturated carbocycles. The molecule has 0 fully saturated rings. The number of allylic oxidation sites excluding steroid dienone is 6. The van der Waals surface area contributed by atoms with Crippen molar-refractivity contribution < 1.29 is 0 Å². The van der Waals surface area contributed by atoms with Crippen molar-refractivity contribution in [1.29, 1.82) is 0 Å². The molecule has 1 heterocycles. The van der Waals surface area contributed by atoms with Crippen molar-refractivity contribution in [3.05, 3.63) is 71.0 Å². The van der Waals surface area contributed by atoms with Crippen LogP contribution < -0.4 is 0 Å². The third-order valence-electron chi connectivity index (χ3n) is 4.08. The van der Waals surface area contributed by atoms with Gasteiger partial charge in [-0.05, 0) is 30.9 Å². The van der Waals surface area contributed by atoms with Gasteiger partial charge in [0.15, 0.2) is 0 Å². The summed E-state index contributed by atoms with van der Waals surface area (Å²) in [5, 5.41) is 0. The summed E-state index contributed by atoms with van der Waals surface area (Å²) >= 11 is 0. The first-order valence-corrected chi connectivity index (χ1v) is 7.41. The van der Waals surface area contributed by atoms with E-state index in [1.54, 1.807) is 0 Å². The van der Waals surface area contributed by atoms with E-state index in [9.17, 15) is 0 Å². The predicted molar refractivity (Wildman–Crippen MR) is 86.0 cm³/mol. The largest absolute Gasteiger partial charge is 0.257 e. The molecule has 0 N–H and O–H groups in total. The van der Waals surface area contributed by atoms with Crippen molar-refractivity contribution in [1.82, 2.24) is 0 Å². The summed E-state index contributed by atoms with van der Waals surface area (Å²) in [6.45, 7) is 4.41. The Hall–Kier alpha value is -1.89. The molecule has 1 atom stereocenters. The van der Waals surface area contributed by atoms with Crippen LogP contribution in [-0.2, 0) is 6.42 Å². The Kier molecular flexibility index (Phi) is 3.68. The van der Waals surface area contributed by atoms with Crippen molar-refractivity contribution >= 4 is 5.71 Å². The van der Waals surface area contributed by atoms with Crippen LogP contribution in [0.5, 0.6) is 0 Å². The van der Waals surface area contributed by atoms with E-state index in [1.165, 1.54) is 28.1 Å². The lowest BCUT2D eigenvalue weighted by Crippen LogP contribution is -2.02. The van der Waals surface area contributed by atoms with Gasteiger partial charge < -0.3 is 0 Å². The van der Waals surface area contributed by atoms with Gasteiger partial charge in [0, 0.05) is 23.7 Å². The van der Waals surface area contributed by atoms with Gasteiger partial charge in [-0.1, -0.05) is 61.1 Å². The molecule has 1 unspecified atom stereocenters. The van der Waals surface area contributed by atoms with Gasteiger partial charge in [-0.15, -0.1) is 0 Å². The van der Waals surface area contributed by atoms with Gasteiger partial charge >= 0.3 is 0 Å². The fraction of sp³-hybridized carbons (Fsp3) is 0.316. The molecule has 2 aliphatic rings. The van der Waals surface area contributed by atoms with Crippen molar-refractivity contribution in [2.24, 2.45) is 10.9 Å². The van der Waals surface area contributed by atoms with E-state index in [1.807, 2.05) is 0 Å². The van der Waals surface area contributed by atoms with E-state index in [4.69, 9.17) is 4.99 Å². The molecule has 1 aliphatic heterocycles. The van der Waals surface area contributed by atoms with Crippen LogP contribution in [0.4, 0.5) is 0 Å². The first-order valence-electron chi connectivity index (χ1n) is 7.41. The number of benzene rings is 1. The Balaban J connectivity index is 1.66. The lowest BCUT2D eigenvalue weighted by atomic mass is 9.97. The fourth-order valence-electron chi connectivity index (χ4n) is 2.81. The minimum Gasteiger partial charge on any atom is -0.257 e. The number of aryl methyl sites for hydroxylation is 1. The maximum atomic E-state index is 4.85. The van der Waals surface area contributed by atoms with Gasteiger partial charge in [0.1, 0.15) is 0 Å². The first kappa shape index (κ1) is 13.1. The quantitative estimate of drug-likeness (QED) is 0.740. The Labute approximate surface area is 121 Å². The van der Waals surface area contributed by atoms with Crippen molar-refractivity contribution in [3.8, 4) is 0 Å². The van der Waals surface area contributed by atoms with E-state index in [0.29, 0.717) is 5.92 Å². The molecule has 3 rings (SSSR count). The second kappa shape index (κ2) is 5.62. The monoisotopic (exact) mass is 263 g/mol. The molecular formula is C19H21N. The summed E-state index contributed by atoms with van der Waals surface area (Å²) in [5.74, 6) is 0.491. The van der Waals surface area contributed by atoms with E-state index >= 15 is 0 Å². The molecule has 102 valence electrons. The highest BCUT2D eigenvalue weighted by molar-refractivity contribution is 6.04. The lowest BCUT2D eigenvalue weighted by molar-refractivity contribution is 0.672. The maximum Gasteiger partial charge on any atom is 0.0480 e. The average Bonchev–Trinajstić information content (AvgIpc) is 3.11. The van der Waals surface area contributed by atoms with Crippen molar-refractivity contribution in [3.63, 3.8) is 0 Å². The summed E-state index contributed by atoms with van der Waals surface area (Å²) in [7, 11) is 0. The normalized spacial score (nSPS) is 18.8. The molecule has 1 heteroatoms. The summed E-state index contributed by atoms with van der Waals surface area (Å²) in [5.41, 5.74) is 6.63. The van der Waals surface area contributed by atoms with E-state index in [2.05, 4.69) is 62.4 Å². The van der Waals surface area contributed by atoms with Gasteiger partial charge in [0.25, 0.3) is 0 Å². The minimum atomic E-state index is 0.491. The predicted octanol–water partition coefficient (Wildman–Crippen LogP) is 4.79. The Bertz CT molecular complexity index is 612.